The van der Waals surface area contributed by atoms with Crippen LogP contribution in [0.4, 0.5) is 5.69 Å². The number of imide groups is 2. The first kappa shape index (κ1) is 22.0. The summed E-state index contributed by atoms with van der Waals surface area (Å²) in [5, 5.41) is 2.73. The Morgan fingerprint density at radius 1 is 0.882 bits per heavy atom. The molecule has 1 atom stereocenters. The second-order valence-corrected chi connectivity index (χ2v) is 8.58. The van der Waals surface area contributed by atoms with Crippen LogP contribution in [-0.4, -0.2) is 65.1 Å². The van der Waals surface area contributed by atoms with Crippen LogP contribution in [0.15, 0.2) is 42.5 Å². The van der Waals surface area contributed by atoms with Gasteiger partial charge in [0.05, 0.1) is 34.9 Å². The molecule has 1 unspecified atom stereocenters. The van der Waals surface area contributed by atoms with E-state index in [-0.39, 0.29) is 54.8 Å². The molecule has 1 fully saturated rings. The average molecular weight is 461 g/mol. The number of carbonyl (C=O) groups is 5. The predicted octanol–water partition coefficient (Wildman–Crippen LogP) is 2.48. The lowest BCUT2D eigenvalue weighted by molar-refractivity contribution is -0.116. The van der Waals surface area contributed by atoms with E-state index in [0.717, 1.165) is 17.7 Å². The van der Waals surface area contributed by atoms with Crippen LogP contribution in [0.5, 0.6) is 0 Å². The van der Waals surface area contributed by atoms with Crippen molar-refractivity contribution in [3.63, 3.8) is 0 Å². The van der Waals surface area contributed by atoms with Crippen LogP contribution in [0, 0.1) is 0 Å². The van der Waals surface area contributed by atoms with E-state index in [1.807, 2.05) is 0 Å². The number of benzene rings is 2. The summed E-state index contributed by atoms with van der Waals surface area (Å²) >= 11 is 0. The number of hydrogen-bond acceptors (Lipinski definition) is 6. The maximum Gasteiger partial charge on any atom is 0.261 e. The van der Waals surface area contributed by atoms with Crippen molar-refractivity contribution in [1.29, 1.82) is 0 Å². The van der Waals surface area contributed by atoms with Gasteiger partial charge in [-0.15, -0.1) is 0 Å². The van der Waals surface area contributed by atoms with Gasteiger partial charge in [-0.05, 0) is 49.6 Å². The summed E-state index contributed by atoms with van der Waals surface area (Å²) in [7, 11) is 0. The van der Waals surface area contributed by atoms with Crippen LogP contribution >= 0.6 is 0 Å². The standard InChI is InChI=1S/C25H23N3O6/c29-21(8-3-11-27-22(30)17-6-1-2-7-18(17)23(27)31)26-15-9-10-19-20(13-15)25(33)28(24(19)32)14-16-5-4-12-34-16/h1-2,6-7,9-10,13,16H,3-5,8,11-12,14H2,(H,26,29). The minimum atomic E-state index is -0.391. The van der Waals surface area contributed by atoms with E-state index in [4.69, 9.17) is 4.74 Å². The fourth-order valence-corrected chi connectivity index (χ4v) is 4.59. The molecule has 0 saturated carbocycles. The molecule has 2 aromatic rings. The van der Waals surface area contributed by atoms with Gasteiger partial charge in [-0.25, -0.2) is 0 Å². The first-order valence-electron chi connectivity index (χ1n) is 11.3. The third kappa shape index (κ3) is 3.88. The second kappa shape index (κ2) is 8.83. The van der Waals surface area contributed by atoms with Gasteiger partial charge in [0.25, 0.3) is 23.6 Å². The lowest BCUT2D eigenvalue weighted by atomic mass is 10.1. The number of nitrogens with one attached hydrogen (secondary N) is 1. The molecule has 0 spiro atoms. The Labute approximate surface area is 195 Å². The lowest BCUT2D eigenvalue weighted by Gasteiger charge is -2.17. The number of rotatable bonds is 7. The SMILES string of the molecule is O=C(CCCN1C(=O)c2ccccc2C1=O)Nc1ccc2c(c1)C(=O)N(CC1CCCO1)C2=O. The third-order valence-corrected chi connectivity index (χ3v) is 6.33. The minimum Gasteiger partial charge on any atom is -0.376 e. The summed E-state index contributed by atoms with van der Waals surface area (Å²) in [5.41, 5.74) is 1.73. The number of fused-ring (bicyclic) bond motifs is 2. The number of hydrogen-bond donors (Lipinski definition) is 1. The fourth-order valence-electron chi connectivity index (χ4n) is 4.59. The minimum absolute atomic E-state index is 0.0858. The first-order valence-corrected chi connectivity index (χ1v) is 11.3. The van der Waals surface area contributed by atoms with E-state index in [1.54, 1.807) is 36.4 Å². The summed E-state index contributed by atoms with van der Waals surface area (Å²) in [4.78, 5) is 65.0. The molecule has 9 heteroatoms. The first-order chi connectivity index (χ1) is 16.4. The lowest BCUT2D eigenvalue weighted by Crippen LogP contribution is -2.36. The molecule has 0 radical (unpaired) electrons. The Morgan fingerprint density at radius 2 is 1.53 bits per heavy atom. The molecule has 0 bridgehead atoms. The van der Waals surface area contributed by atoms with Crippen molar-refractivity contribution in [1.82, 2.24) is 9.80 Å². The van der Waals surface area contributed by atoms with E-state index in [1.165, 1.54) is 11.0 Å². The van der Waals surface area contributed by atoms with Crippen molar-refractivity contribution in [3.05, 3.63) is 64.7 Å². The Bertz CT molecular complexity index is 1180. The molecule has 9 nitrogen and oxygen atoms in total. The molecule has 1 N–H and O–H groups in total. The van der Waals surface area contributed by atoms with Crippen LogP contribution in [0.25, 0.3) is 0 Å². The van der Waals surface area contributed by atoms with Crippen LogP contribution in [0.1, 0.15) is 67.1 Å². The second-order valence-electron chi connectivity index (χ2n) is 8.58. The summed E-state index contributed by atoms with van der Waals surface area (Å²) < 4.78 is 5.54. The molecule has 3 heterocycles. The molecule has 1 saturated heterocycles. The van der Waals surface area contributed by atoms with Crippen molar-refractivity contribution in [2.45, 2.75) is 31.8 Å². The van der Waals surface area contributed by atoms with Gasteiger partial charge in [-0.3, -0.25) is 33.8 Å². The summed E-state index contributed by atoms with van der Waals surface area (Å²) in [6.45, 7) is 0.998. The third-order valence-electron chi connectivity index (χ3n) is 6.33. The normalized spacial score (nSPS) is 19.1. The Kier molecular flexibility index (Phi) is 5.70. The highest BCUT2D eigenvalue weighted by Crippen LogP contribution is 2.28. The van der Waals surface area contributed by atoms with Crippen molar-refractivity contribution in [2.24, 2.45) is 0 Å². The van der Waals surface area contributed by atoms with E-state index < -0.39 is 5.91 Å². The molecule has 3 aliphatic heterocycles. The summed E-state index contributed by atoms with van der Waals surface area (Å²) in [6, 6.07) is 11.3. The largest absolute Gasteiger partial charge is 0.376 e. The summed E-state index contributed by atoms with van der Waals surface area (Å²) in [5.74, 6) is -1.76. The monoisotopic (exact) mass is 461 g/mol. The highest BCUT2D eigenvalue weighted by atomic mass is 16.5. The van der Waals surface area contributed by atoms with Crippen LogP contribution in [0.3, 0.4) is 0 Å². The van der Waals surface area contributed by atoms with Gasteiger partial charge < -0.3 is 10.1 Å². The Hall–Kier alpha value is -3.85. The quantitative estimate of drug-likeness (QED) is 0.634. The maximum atomic E-state index is 12.8. The highest BCUT2D eigenvalue weighted by Gasteiger charge is 2.38. The Balaban J connectivity index is 1.16. The molecule has 5 rings (SSSR count). The molecular formula is C25H23N3O6. The fraction of sp³-hybridized carbons (Fsp3) is 0.320. The van der Waals surface area contributed by atoms with Gasteiger partial charge in [-0.2, -0.15) is 0 Å². The van der Waals surface area contributed by atoms with Crippen LogP contribution in [-0.2, 0) is 9.53 Å². The predicted molar refractivity (Wildman–Crippen MR) is 120 cm³/mol. The van der Waals surface area contributed by atoms with E-state index in [0.29, 0.717) is 35.4 Å². The molecule has 0 aliphatic carbocycles. The molecule has 2 aromatic carbocycles. The maximum absolute atomic E-state index is 12.8. The zero-order chi connectivity index (χ0) is 23.8. The zero-order valence-electron chi connectivity index (χ0n) is 18.4. The molecule has 3 aliphatic rings. The topological polar surface area (TPSA) is 113 Å². The van der Waals surface area contributed by atoms with Gasteiger partial charge in [0, 0.05) is 25.3 Å². The smallest absolute Gasteiger partial charge is 0.261 e. The van der Waals surface area contributed by atoms with Crippen molar-refractivity contribution < 1.29 is 28.7 Å². The molecule has 174 valence electrons. The summed E-state index contributed by atoms with van der Waals surface area (Å²) in [6.07, 6.45) is 1.98. The van der Waals surface area contributed by atoms with E-state index in [2.05, 4.69) is 5.32 Å². The van der Waals surface area contributed by atoms with Crippen molar-refractivity contribution in [2.75, 3.05) is 25.0 Å². The van der Waals surface area contributed by atoms with Gasteiger partial charge in [0.15, 0.2) is 0 Å². The molecule has 5 amide bonds. The number of nitrogens with zero attached hydrogens (tertiary/aromatic N) is 2. The van der Waals surface area contributed by atoms with E-state index in [9.17, 15) is 24.0 Å². The van der Waals surface area contributed by atoms with Crippen molar-refractivity contribution >= 4 is 35.2 Å². The van der Waals surface area contributed by atoms with Crippen LogP contribution in [0.2, 0.25) is 0 Å². The average Bonchev–Trinajstić information content (AvgIpc) is 3.50. The molecular weight excluding hydrogens is 438 g/mol. The number of ether oxygens (including phenoxy) is 1. The van der Waals surface area contributed by atoms with Gasteiger partial charge in [-0.1, -0.05) is 12.1 Å². The zero-order valence-corrected chi connectivity index (χ0v) is 18.4. The van der Waals surface area contributed by atoms with E-state index >= 15 is 0 Å². The molecule has 0 aromatic heterocycles. The van der Waals surface area contributed by atoms with Gasteiger partial charge in [0.1, 0.15) is 0 Å². The van der Waals surface area contributed by atoms with Gasteiger partial charge in [0.2, 0.25) is 5.91 Å². The highest BCUT2D eigenvalue weighted by molar-refractivity contribution is 6.22. The Morgan fingerprint density at radius 3 is 2.21 bits per heavy atom. The van der Waals surface area contributed by atoms with Crippen molar-refractivity contribution in [3.8, 4) is 0 Å². The number of carbonyl (C=O) groups excluding carboxylic acids is 5. The number of anilines is 1. The number of amides is 5. The van der Waals surface area contributed by atoms with Gasteiger partial charge >= 0.3 is 0 Å². The molecule has 34 heavy (non-hydrogen) atoms. The van der Waals surface area contributed by atoms with Crippen LogP contribution < -0.4 is 5.32 Å².